The standard InChI is InChI=1S/C24H17ClN2O6S/c1-15-6-12-19(13-7-15)34(31,32)33-21-5-3-2-4-16(21)14-20-22(28)26-24(30)27(23(20)29)18-10-8-17(25)9-11-18/h2-14H,1H3,(H,26,28,30)/b20-14+. The molecule has 34 heavy (non-hydrogen) atoms. The van der Waals surface area contributed by atoms with Gasteiger partial charge in [-0.25, -0.2) is 9.69 Å². The van der Waals surface area contributed by atoms with Gasteiger partial charge in [0.2, 0.25) is 0 Å². The molecule has 1 saturated heterocycles. The Balaban J connectivity index is 1.70. The summed E-state index contributed by atoms with van der Waals surface area (Å²) in [5, 5.41) is 2.51. The van der Waals surface area contributed by atoms with Gasteiger partial charge in [0, 0.05) is 10.6 Å². The third-order valence-corrected chi connectivity index (χ3v) is 6.41. The quantitative estimate of drug-likeness (QED) is 0.324. The molecule has 1 fully saturated rings. The molecule has 0 atom stereocenters. The smallest absolute Gasteiger partial charge is 0.339 e. The number of benzene rings is 3. The topological polar surface area (TPSA) is 110 Å². The number of amides is 4. The molecule has 1 aliphatic heterocycles. The highest BCUT2D eigenvalue weighted by Crippen LogP contribution is 2.28. The maximum absolute atomic E-state index is 13.1. The molecule has 4 rings (SSSR count). The van der Waals surface area contributed by atoms with E-state index < -0.39 is 28.0 Å². The lowest BCUT2D eigenvalue weighted by Crippen LogP contribution is -2.54. The summed E-state index contributed by atoms with van der Waals surface area (Å²) in [6, 6.07) is 17.1. The summed E-state index contributed by atoms with van der Waals surface area (Å²) in [4.78, 5) is 38.6. The number of hydrogen-bond donors (Lipinski definition) is 1. The van der Waals surface area contributed by atoms with Crippen molar-refractivity contribution in [2.45, 2.75) is 11.8 Å². The zero-order valence-electron chi connectivity index (χ0n) is 17.7. The fourth-order valence-electron chi connectivity index (χ4n) is 3.18. The molecule has 10 heteroatoms. The van der Waals surface area contributed by atoms with Gasteiger partial charge in [0.05, 0.1) is 5.69 Å². The number of carbonyl (C=O) groups is 3. The normalized spacial score (nSPS) is 15.4. The fraction of sp³-hybridized carbons (Fsp3) is 0.0417. The zero-order chi connectivity index (χ0) is 24.5. The van der Waals surface area contributed by atoms with Crippen LogP contribution in [-0.2, 0) is 19.7 Å². The molecule has 4 amide bonds. The van der Waals surface area contributed by atoms with Crippen LogP contribution in [0.4, 0.5) is 10.5 Å². The molecule has 0 aliphatic carbocycles. The lowest BCUT2D eigenvalue weighted by molar-refractivity contribution is -0.122. The van der Waals surface area contributed by atoms with Crippen LogP contribution < -0.4 is 14.4 Å². The largest absolute Gasteiger partial charge is 0.378 e. The summed E-state index contributed by atoms with van der Waals surface area (Å²) in [6.07, 6.45) is 1.17. The van der Waals surface area contributed by atoms with Crippen LogP contribution in [0, 0.1) is 6.92 Å². The predicted molar refractivity (Wildman–Crippen MR) is 126 cm³/mol. The number of urea groups is 1. The fourth-order valence-corrected chi connectivity index (χ4v) is 4.26. The van der Waals surface area contributed by atoms with Crippen molar-refractivity contribution in [3.63, 3.8) is 0 Å². The number of imide groups is 2. The van der Waals surface area contributed by atoms with E-state index in [4.69, 9.17) is 15.8 Å². The zero-order valence-corrected chi connectivity index (χ0v) is 19.3. The Bertz CT molecular complexity index is 1430. The summed E-state index contributed by atoms with van der Waals surface area (Å²) >= 11 is 5.87. The second-order valence-electron chi connectivity index (χ2n) is 7.32. The highest BCUT2D eigenvalue weighted by Gasteiger charge is 2.37. The third kappa shape index (κ3) is 4.70. The number of barbiturate groups is 1. The molecular weight excluding hydrogens is 480 g/mol. The molecule has 172 valence electrons. The summed E-state index contributed by atoms with van der Waals surface area (Å²) < 4.78 is 30.8. The van der Waals surface area contributed by atoms with Gasteiger partial charge in [-0.3, -0.25) is 14.9 Å². The molecule has 1 N–H and O–H groups in total. The van der Waals surface area contributed by atoms with Crippen LogP contribution in [0.1, 0.15) is 11.1 Å². The molecule has 8 nitrogen and oxygen atoms in total. The lowest BCUT2D eigenvalue weighted by atomic mass is 10.1. The summed E-state index contributed by atoms with van der Waals surface area (Å²) in [5.41, 5.74) is 0.864. The molecule has 3 aromatic carbocycles. The second kappa shape index (κ2) is 9.12. The first-order valence-electron chi connectivity index (χ1n) is 9.93. The third-order valence-electron chi connectivity index (χ3n) is 4.91. The van der Waals surface area contributed by atoms with Crippen molar-refractivity contribution >= 4 is 51.3 Å². The first kappa shape index (κ1) is 23.2. The Hall–Kier alpha value is -3.95. The number of nitrogens with zero attached hydrogens (tertiary/aromatic N) is 1. The van der Waals surface area contributed by atoms with E-state index in [0.29, 0.717) is 5.02 Å². The minimum Gasteiger partial charge on any atom is -0.378 e. The molecular formula is C24H17ClN2O6S. The van der Waals surface area contributed by atoms with E-state index in [2.05, 4.69) is 5.32 Å². The van der Waals surface area contributed by atoms with Crippen LogP contribution in [0.2, 0.25) is 5.02 Å². The molecule has 0 spiro atoms. The van der Waals surface area contributed by atoms with Crippen molar-refractivity contribution in [2.75, 3.05) is 4.90 Å². The van der Waals surface area contributed by atoms with Crippen LogP contribution in [-0.4, -0.2) is 26.3 Å². The molecule has 3 aromatic rings. The molecule has 0 saturated carbocycles. The van der Waals surface area contributed by atoms with Crippen molar-refractivity contribution in [3.05, 3.63) is 94.5 Å². The van der Waals surface area contributed by atoms with E-state index in [1.165, 1.54) is 54.6 Å². The van der Waals surface area contributed by atoms with E-state index in [1.54, 1.807) is 24.3 Å². The van der Waals surface area contributed by atoms with Crippen molar-refractivity contribution < 1.29 is 27.0 Å². The Kier molecular flexibility index (Phi) is 6.23. The molecule has 0 unspecified atom stereocenters. The van der Waals surface area contributed by atoms with Crippen molar-refractivity contribution in [1.82, 2.24) is 5.32 Å². The number of nitrogens with one attached hydrogen (secondary N) is 1. The van der Waals surface area contributed by atoms with E-state index in [1.807, 2.05) is 6.92 Å². The van der Waals surface area contributed by atoms with Crippen LogP contribution in [0.25, 0.3) is 6.08 Å². The Morgan fingerprint density at radius 3 is 2.24 bits per heavy atom. The van der Waals surface area contributed by atoms with Crippen LogP contribution in [0.3, 0.4) is 0 Å². The van der Waals surface area contributed by atoms with Crippen LogP contribution in [0.5, 0.6) is 5.75 Å². The van der Waals surface area contributed by atoms with Crippen molar-refractivity contribution in [3.8, 4) is 5.75 Å². The number of para-hydroxylation sites is 1. The van der Waals surface area contributed by atoms with Gasteiger partial charge in [0.1, 0.15) is 16.2 Å². The maximum Gasteiger partial charge on any atom is 0.339 e. The summed E-state index contributed by atoms with van der Waals surface area (Å²) in [5.74, 6) is -1.89. The molecule has 0 radical (unpaired) electrons. The minimum atomic E-state index is -4.18. The average Bonchev–Trinajstić information content (AvgIpc) is 2.79. The first-order chi connectivity index (χ1) is 16.2. The summed E-state index contributed by atoms with van der Waals surface area (Å²) in [6.45, 7) is 1.82. The van der Waals surface area contributed by atoms with E-state index in [-0.39, 0.29) is 27.5 Å². The number of aryl methyl sites for hydroxylation is 1. The number of rotatable bonds is 5. The second-order valence-corrected chi connectivity index (χ2v) is 9.31. The van der Waals surface area contributed by atoms with Crippen LogP contribution >= 0.6 is 11.6 Å². The Morgan fingerprint density at radius 2 is 1.56 bits per heavy atom. The molecule has 0 bridgehead atoms. The maximum atomic E-state index is 13.1. The van der Waals surface area contributed by atoms with Gasteiger partial charge in [0.25, 0.3) is 11.8 Å². The van der Waals surface area contributed by atoms with Crippen molar-refractivity contribution in [1.29, 1.82) is 0 Å². The van der Waals surface area contributed by atoms with E-state index in [9.17, 15) is 22.8 Å². The molecule has 1 heterocycles. The van der Waals surface area contributed by atoms with E-state index in [0.717, 1.165) is 10.5 Å². The number of carbonyl (C=O) groups excluding carboxylic acids is 3. The monoisotopic (exact) mass is 496 g/mol. The Labute approximate surface area is 200 Å². The predicted octanol–water partition coefficient (Wildman–Crippen LogP) is 4.08. The average molecular weight is 497 g/mol. The lowest BCUT2D eigenvalue weighted by Gasteiger charge is -2.26. The first-order valence-corrected chi connectivity index (χ1v) is 11.7. The van der Waals surface area contributed by atoms with Gasteiger partial charge in [-0.2, -0.15) is 8.42 Å². The van der Waals surface area contributed by atoms with Gasteiger partial charge in [-0.15, -0.1) is 0 Å². The highest BCUT2D eigenvalue weighted by molar-refractivity contribution is 7.87. The van der Waals surface area contributed by atoms with E-state index >= 15 is 0 Å². The number of anilines is 1. The van der Waals surface area contributed by atoms with Gasteiger partial charge in [-0.05, 0) is 55.5 Å². The van der Waals surface area contributed by atoms with Crippen LogP contribution in [0.15, 0.2) is 83.3 Å². The SMILES string of the molecule is Cc1ccc(S(=O)(=O)Oc2ccccc2/C=C2\C(=O)NC(=O)N(c3ccc(Cl)cc3)C2=O)cc1. The molecule has 1 aliphatic rings. The molecule has 0 aromatic heterocycles. The summed E-state index contributed by atoms with van der Waals surface area (Å²) in [7, 11) is -4.18. The number of halogens is 1. The van der Waals surface area contributed by atoms with Gasteiger partial charge in [0.15, 0.2) is 0 Å². The van der Waals surface area contributed by atoms with Gasteiger partial charge in [-0.1, -0.05) is 47.5 Å². The Morgan fingerprint density at radius 1 is 0.912 bits per heavy atom. The minimum absolute atomic E-state index is 0.0495. The number of hydrogen-bond acceptors (Lipinski definition) is 6. The highest BCUT2D eigenvalue weighted by atomic mass is 35.5. The van der Waals surface area contributed by atoms with Gasteiger partial charge >= 0.3 is 16.1 Å². The van der Waals surface area contributed by atoms with Gasteiger partial charge < -0.3 is 4.18 Å². The van der Waals surface area contributed by atoms with Crippen molar-refractivity contribution in [2.24, 2.45) is 0 Å².